The van der Waals surface area contributed by atoms with Crippen LogP contribution in [0.3, 0.4) is 0 Å². The van der Waals surface area contributed by atoms with Gasteiger partial charge in [-0.15, -0.1) is 0 Å². The fraction of sp³-hybridized carbons (Fsp3) is 0.371. The summed E-state index contributed by atoms with van der Waals surface area (Å²) in [4.78, 5) is 26.7. The number of rotatable bonds is 10. The van der Waals surface area contributed by atoms with Crippen molar-refractivity contribution in [1.82, 2.24) is 19.9 Å². The van der Waals surface area contributed by atoms with Gasteiger partial charge in [0.25, 0.3) is 0 Å². The maximum absolute atomic E-state index is 15.3. The topological polar surface area (TPSA) is 125 Å². The van der Waals surface area contributed by atoms with E-state index < -0.39 is 11.4 Å². The number of nitrogens with one attached hydrogen (secondary N) is 2. The van der Waals surface area contributed by atoms with Crippen molar-refractivity contribution >= 4 is 40.2 Å². The number of fused-ring (bicyclic) bond motifs is 1. The molecule has 2 aliphatic rings. The number of likely N-dealkylation sites (tertiary alicyclic amines) is 1. The zero-order chi connectivity index (χ0) is 33.6. The Balaban J connectivity index is 0.00000103. The summed E-state index contributed by atoms with van der Waals surface area (Å²) in [6.45, 7) is 10.3. The average molecular weight is 644 g/mol. The number of aliphatic hydroxyl groups is 1. The summed E-state index contributed by atoms with van der Waals surface area (Å²) in [5.41, 5.74) is 1.08. The predicted octanol–water partition coefficient (Wildman–Crippen LogP) is 5.79. The van der Waals surface area contributed by atoms with Gasteiger partial charge < -0.3 is 35.0 Å². The number of allylic oxidation sites excluding steroid dienone is 1. The minimum absolute atomic E-state index is 0.184. The molecule has 0 saturated carbocycles. The number of benzene rings is 2. The lowest BCUT2D eigenvalue weighted by Gasteiger charge is -2.45. The van der Waals surface area contributed by atoms with Crippen LogP contribution >= 0.6 is 0 Å². The molecule has 11 nitrogen and oxygen atoms in total. The first-order valence-electron chi connectivity index (χ1n) is 15.6. The third kappa shape index (κ3) is 8.32. The Labute approximate surface area is 274 Å². The number of hydrogen-bond acceptors (Lipinski definition) is 11. The summed E-state index contributed by atoms with van der Waals surface area (Å²) in [7, 11) is 3.78. The van der Waals surface area contributed by atoms with Crippen molar-refractivity contribution in [2.75, 3.05) is 55.9 Å². The Hall–Kier alpha value is -4.81. The molecule has 0 atom stereocenters. The molecule has 0 bridgehead atoms. The summed E-state index contributed by atoms with van der Waals surface area (Å²) < 4.78 is 27.0. The van der Waals surface area contributed by atoms with Gasteiger partial charge >= 0.3 is 0 Å². The number of pyridine rings is 1. The maximum atomic E-state index is 15.3. The Kier molecular flexibility index (Phi) is 10.5. The number of carbonyl (C=O) groups excluding carboxylic acids is 1. The van der Waals surface area contributed by atoms with Crippen molar-refractivity contribution in [2.45, 2.75) is 38.3 Å². The summed E-state index contributed by atoms with van der Waals surface area (Å²) in [6, 6.07) is 12.4. The molecule has 0 unspecified atom stereocenters. The molecule has 12 heteroatoms. The molecule has 4 heterocycles. The highest BCUT2D eigenvalue weighted by molar-refractivity contribution is 5.95. The Morgan fingerprint density at radius 3 is 2.43 bits per heavy atom. The normalized spacial score (nSPS) is 15.7. The summed E-state index contributed by atoms with van der Waals surface area (Å²) >= 11 is 0. The Morgan fingerprint density at radius 1 is 1.04 bits per heavy atom. The first-order valence-corrected chi connectivity index (χ1v) is 15.6. The number of aldehydes is 1. The van der Waals surface area contributed by atoms with Crippen LogP contribution in [0, 0.1) is 11.7 Å². The van der Waals surface area contributed by atoms with Gasteiger partial charge in [0.05, 0.1) is 29.6 Å². The fourth-order valence-corrected chi connectivity index (χ4v) is 5.51. The molecule has 3 N–H and O–H groups in total. The van der Waals surface area contributed by atoms with Crippen LogP contribution in [-0.2, 0) is 4.79 Å². The molecule has 0 aliphatic carbocycles. The summed E-state index contributed by atoms with van der Waals surface area (Å²) in [5.74, 6) is 2.57. The molecule has 2 aliphatic heterocycles. The molecule has 4 aromatic rings. The summed E-state index contributed by atoms with van der Waals surface area (Å²) in [5, 5.41) is 17.7. The van der Waals surface area contributed by atoms with Crippen LogP contribution in [0.25, 0.3) is 10.9 Å². The van der Waals surface area contributed by atoms with Crippen LogP contribution in [0.1, 0.15) is 26.7 Å². The van der Waals surface area contributed by atoms with Crippen molar-refractivity contribution in [3.63, 3.8) is 0 Å². The van der Waals surface area contributed by atoms with Crippen LogP contribution in [0.4, 0.5) is 27.4 Å². The number of carbonyl (C=O) groups is 1. The minimum atomic E-state index is -0.728. The Bertz CT molecular complexity index is 1690. The predicted molar refractivity (Wildman–Crippen MR) is 182 cm³/mol. The standard InChI is InChI=1S/C32H38FN7O3.C3H4O/c1-32(2,41)20-17-40(18-20)30-14-23(7-10-34-30)43-22-5-6-26(25(33)13-22)38-31-24-15-28(37-21-8-11-39(3)12-9-21)29(42-4)16-27(24)35-19-36-31;1-2-3-4/h5-7,10,13-16,19-21,37,41H,8-9,11-12,17-18H2,1-4H3,(H,35,36,38);2-3H,1H2. The maximum Gasteiger partial charge on any atom is 0.150 e. The van der Waals surface area contributed by atoms with Crippen molar-refractivity contribution in [3.05, 3.63) is 73.5 Å². The number of nitrogens with zero attached hydrogens (tertiary/aromatic N) is 5. The van der Waals surface area contributed by atoms with Crippen molar-refractivity contribution in [2.24, 2.45) is 5.92 Å². The highest BCUT2D eigenvalue weighted by Gasteiger charge is 2.38. The van der Waals surface area contributed by atoms with E-state index in [0.717, 1.165) is 55.9 Å². The third-order valence-corrected chi connectivity index (χ3v) is 8.48. The van der Waals surface area contributed by atoms with E-state index >= 15 is 4.39 Å². The molecule has 2 saturated heterocycles. The highest BCUT2D eigenvalue weighted by Crippen LogP contribution is 2.36. The highest BCUT2D eigenvalue weighted by atomic mass is 19.1. The van der Waals surface area contributed by atoms with Gasteiger partial charge in [0, 0.05) is 54.8 Å². The number of methoxy groups -OCH3 is 1. The monoisotopic (exact) mass is 643 g/mol. The van der Waals surface area contributed by atoms with Gasteiger partial charge in [0.1, 0.15) is 47.3 Å². The lowest BCUT2D eigenvalue weighted by Crippen LogP contribution is -2.56. The van der Waals surface area contributed by atoms with E-state index in [0.29, 0.717) is 40.9 Å². The fourth-order valence-electron chi connectivity index (χ4n) is 5.51. The number of ether oxygens (including phenoxy) is 2. The first kappa shape index (κ1) is 33.6. The van der Waals surface area contributed by atoms with Gasteiger partial charge in [-0.2, -0.15) is 0 Å². The molecule has 2 fully saturated rings. The molecule has 0 spiro atoms. The number of piperidine rings is 1. The Morgan fingerprint density at radius 2 is 1.77 bits per heavy atom. The van der Waals surface area contributed by atoms with E-state index in [9.17, 15) is 5.11 Å². The molecule has 248 valence electrons. The quantitative estimate of drug-likeness (QED) is 0.144. The van der Waals surface area contributed by atoms with Crippen LogP contribution in [-0.4, -0.2) is 83.2 Å². The van der Waals surface area contributed by atoms with Gasteiger partial charge in [-0.25, -0.2) is 19.3 Å². The van der Waals surface area contributed by atoms with Crippen molar-refractivity contribution < 1.29 is 23.8 Å². The molecule has 6 rings (SSSR count). The number of hydrogen-bond donors (Lipinski definition) is 3. The van der Waals surface area contributed by atoms with Crippen LogP contribution < -0.4 is 25.0 Å². The van der Waals surface area contributed by atoms with Crippen molar-refractivity contribution in [3.8, 4) is 17.2 Å². The summed E-state index contributed by atoms with van der Waals surface area (Å²) in [6.07, 6.45) is 7.02. The molecule has 47 heavy (non-hydrogen) atoms. The number of anilines is 4. The minimum Gasteiger partial charge on any atom is -0.495 e. The van der Waals surface area contributed by atoms with Gasteiger partial charge in [-0.05, 0) is 77.2 Å². The van der Waals surface area contributed by atoms with Gasteiger partial charge in [-0.1, -0.05) is 6.58 Å². The number of aromatic nitrogens is 3. The molecule has 2 aromatic heterocycles. The van der Waals surface area contributed by atoms with E-state index in [1.165, 1.54) is 18.5 Å². The van der Waals surface area contributed by atoms with Crippen LogP contribution in [0.5, 0.6) is 17.2 Å². The zero-order valence-electron chi connectivity index (χ0n) is 27.2. The molecular formula is C35H42FN7O4. The van der Waals surface area contributed by atoms with E-state index in [4.69, 9.17) is 14.3 Å². The smallest absolute Gasteiger partial charge is 0.150 e. The molecule has 2 aromatic carbocycles. The zero-order valence-corrected chi connectivity index (χ0v) is 27.2. The van der Waals surface area contributed by atoms with E-state index in [1.807, 2.05) is 32.0 Å². The van der Waals surface area contributed by atoms with Crippen molar-refractivity contribution in [1.29, 1.82) is 0 Å². The van der Waals surface area contributed by atoms with Crippen LogP contribution in [0.2, 0.25) is 0 Å². The lowest BCUT2D eigenvalue weighted by molar-refractivity contribution is -0.104. The van der Waals surface area contributed by atoms with Gasteiger partial charge in [-0.3, -0.25) is 4.79 Å². The number of halogens is 1. The largest absolute Gasteiger partial charge is 0.495 e. The third-order valence-electron chi connectivity index (χ3n) is 8.48. The van der Waals surface area contributed by atoms with E-state index in [1.54, 1.807) is 31.5 Å². The SMILES string of the molecule is C=CC=O.COc1cc2ncnc(Nc3ccc(Oc4ccnc(N5CC(C(C)(C)O)C5)c4)cc3F)c2cc1NC1CCN(C)CC1. The second kappa shape index (κ2) is 14.7. The first-order chi connectivity index (χ1) is 22.6. The molecule has 0 amide bonds. The second-order valence-electron chi connectivity index (χ2n) is 12.4. The van der Waals surface area contributed by atoms with E-state index in [2.05, 4.69) is 49.0 Å². The lowest BCUT2D eigenvalue weighted by atomic mass is 9.84. The van der Waals surface area contributed by atoms with E-state index in [-0.39, 0.29) is 11.6 Å². The average Bonchev–Trinajstić information content (AvgIpc) is 3.02. The van der Waals surface area contributed by atoms with Crippen LogP contribution in [0.15, 0.2) is 67.6 Å². The van der Waals surface area contributed by atoms with Gasteiger partial charge in [0.2, 0.25) is 0 Å². The molecular weight excluding hydrogens is 601 g/mol. The molecule has 0 radical (unpaired) electrons. The van der Waals surface area contributed by atoms with Gasteiger partial charge in [0.15, 0.2) is 0 Å². The second-order valence-corrected chi connectivity index (χ2v) is 12.4.